The van der Waals surface area contributed by atoms with Crippen molar-refractivity contribution < 1.29 is 19.1 Å². The number of piperidine rings is 1. The van der Waals surface area contributed by atoms with Gasteiger partial charge >= 0.3 is 6.03 Å². The summed E-state index contributed by atoms with van der Waals surface area (Å²) in [7, 11) is 0. The van der Waals surface area contributed by atoms with Crippen LogP contribution in [0.2, 0.25) is 0 Å². The SMILES string of the molecule is C[C@@H]1CCC[C@@H](C)N1C(=O)CN1C(=O)N[C@@]2(CCOc3ccccc32)C1=O. The summed E-state index contributed by atoms with van der Waals surface area (Å²) in [4.78, 5) is 41.7. The van der Waals surface area contributed by atoms with Crippen LogP contribution in [-0.4, -0.2) is 52.9 Å². The monoisotopic (exact) mass is 371 g/mol. The molecule has 1 aromatic carbocycles. The van der Waals surface area contributed by atoms with Crippen LogP contribution in [0, 0.1) is 0 Å². The average Bonchev–Trinajstić information content (AvgIpc) is 2.87. The number of rotatable bonds is 2. The van der Waals surface area contributed by atoms with Gasteiger partial charge in [0.15, 0.2) is 5.54 Å². The van der Waals surface area contributed by atoms with Crippen molar-refractivity contribution >= 4 is 17.8 Å². The number of nitrogens with one attached hydrogen (secondary N) is 1. The standard InChI is InChI=1S/C20H25N3O4/c1-13-6-5-7-14(2)23(13)17(24)12-22-18(25)20(21-19(22)26)10-11-27-16-9-4-3-8-15(16)20/h3-4,8-9,13-14H,5-7,10-12H2,1-2H3,(H,21,26)/t13-,14-,20-/m1/s1. The van der Waals surface area contributed by atoms with Crippen LogP contribution in [0.3, 0.4) is 0 Å². The molecule has 7 nitrogen and oxygen atoms in total. The van der Waals surface area contributed by atoms with Gasteiger partial charge in [0.25, 0.3) is 5.91 Å². The molecule has 3 aliphatic heterocycles. The van der Waals surface area contributed by atoms with Gasteiger partial charge in [-0.3, -0.25) is 14.5 Å². The Balaban J connectivity index is 1.59. The second-order valence-corrected chi connectivity index (χ2v) is 7.75. The van der Waals surface area contributed by atoms with Crippen LogP contribution >= 0.6 is 0 Å². The van der Waals surface area contributed by atoms with E-state index in [0.29, 0.717) is 24.3 Å². The molecule has 0 aromatic heterocycles. The van der Waals surface area contributed by atoms with Crippen molar-refractivity contribution in [2.24, 2.45) is 0 Å². The second kappa shape index (κ2) is 6.55. The first-order valence-corrected chi connectivity index (χ1v) is 9.61. The second-order valence-electron chi connectivity index (χ2n) is 7.75. The fourth-order valence-corrected chi connectivity index (χ4v) is 4.65. The largest absolute Gasteiger partial charge is 0.493 e. The number of benzene rings is 1. The zero-order valence-electron chi connectivity index (χ0n) is 15.7. The van der Waals surface area contributed by atoms with E-state index >= 15 is 0 Å². The lowest BCUT2D eigenvalue weighted by Gasteiger charge is -2.39. The topological polar surface area (TPSA) is 79.0 Å². The van der Waals surface area contributed by atoms with E-state index in [2.05, 4.69) is 5.32 Å². The first kappa shape index (κ1) is 17.8. The van der Waals surface area contributed by atoms with Gasteiger partial charge in [-0.25, -0.2) is 4.79 Å². The highest BCUT2D eigenvalue weighted by atomic mass is 16.5. The maximum Gasteiger partial charge on any atom is 0.325 e. The Morgan fingerprint density at radius 2 is 1.93 bits per heavy atom. The minimum atomic E-state index is -1.13. The average molecular weight is 371 g/mol. The van der Waals surface area contributed by atoms with E-state index < -0.39 is 11.6 Å². The molecule has 0 aliphatic carbocycles. The predicted octanol–water partition coefficient (Wildman–Crippen LogP) is 2.01. The molecule has 2 saturated heterocycles. The fourth-order valence-electron chi connectivity index (χ4n) is 4.65. The molecule has 0 unspecified atom stereocenters. The summed E-state index contributed by atoms with van der Waals surface area (Å²) < 4.78 is 5.64. The Bertz CT molecular complexity index is 785. The quantitative estimate of drug-likeness (QED) is 0.807. The third-order valence-electron chi connectivity index (χ3n) is 6.03. The van der Waals surface area contributed by atoms with Gasteiger partial charge in [0.05, 0.1) is 6.61 Å². The van der Waals surface area contributed by atoms with Gasteiger partial charge in [0, 0.05) is 24.1 Å². The molecular weight excluding hydrogens is 346 g/mol. The zero-order valence-corrected chi connectivity index (χ0v) is 15.7. The van der Waals surface area contributed by atoms with E-state index in [0.717, 1.165) is 24.2 Å². The number of imide groups is 1. The van der Waals surface area contributed by atoms with Crippen LogP contribution in [0.5, 0.6) is 5.75 Å². The number of nitrogens with zero attached hydrogens (tertiary/aromatic N) is 2. The Kier molecular flexibility index (Phi) is 4.32. The number of likely N-dealkylation sites (tertiary alicyclic amines) is 1. The number of hydrogen-bond donors (Lipinski definition) is 1. The summed E-state index contributed by atoms with van der Waals surface area (Å²) >= 11 is 0. The Morgan fingerprint density at radius 3 is 2.67 bits per heavy atom. The van der Waals surface area contributed by atoms with E-state index in [9.17, 15) is 14.4 Å². The Morgan fingerprint density at radius 1 is 1.22 bits per heavy atom. The molecule has 4 rings (SSSR count). The maximum absolute atomic E-state index is 13.3. The zero-order chi connectivity index (χ0) is 19.2. The number of urea groups is 1. The molecule has 4 amide bonds. The number of ether oxygens (including phenoxy) is 1. The summed E-state index contributed by atoms with van der Waals surface area (Å²) in [5.41, 5.74) is -0.477. The lowest BCUT2D eigenvalue weighted by molar-refractivity contribution is -0.143. The van der Waals surface area contributed by atoms with Crippen LogP contribution in [-0.2, 0) is 15.1 Å². The number of carbonyl (C=O) groups excluding carboxylic acids is 3. The molecule has 3 aliphatic rings. The molecule has 1 N–H and O–H groups in total. The third-order valence-corrected chi connectivity index (χ3v) is 6.03. The van der Waals surface area contributed by atoms with E-state index in [-0.39, 0.29) is 30.4 Å². The molecule has 1 aromatic rings. The van der Waals surface area contributed by atoms with Crippen LogP contribution < -0.4 is 10.1 Å². The van der Waals surface area contributed by atoms with Crippen LogP contribution in [0.25, 0.3) is 0 Å². The van der Waals surface area contributed by atoms with E-state index in [1.807, 2.05) is 30.9 Å². The highest BCUT2D eigenvalue weighted by molar-refractivity contribution is 6.09. The molecule has 1 spiro atoms. The summed E-state index contributed by atoms with van der Waals surface area (Å²) in [6.07, 6.45) is 3.35. The van der Waals surface area contributed by atoms with Crippen molar-refractivity contribution in [1.82, 2.24) is 15.1 Å². The normalized spacial score (nSPS) is 30.1. The summed E-state index contributed by atoms with van der Waals surface area (Å²) in [6, 6.07) is 6.98. The van der Waals surface area contributed by atoms with Gasteiger partial charge < -0.3 is 15.0 Å². The first-order valence-electron chi connectivity index (χ1n) is 9.61. The van der Waals surface area contributed by atoms with E-state index in [1.165, 1.54) is 0 Å². The summed E-state index contributed by atoms with van der Waals surface area (Å²) in [6.45, 7) is 4.17. The molecule has 0 bridgehead atoms. The maximum atomic E-state index is 13.3. The Hall–Kier alpha value is -2.57. The van der Waals surface area contributed by atoms with Crippen molar-refractivity contribution in [3.63, 3.8) is 0 Å². The van der Waals surface area contributed by atoms with Gasteiger partial charge in [0.1, 0.15) is 12.3 Å². The molecule has 0 saturated carbocycles. The smallest absolute Gasteiger partial charge is 0.325 e. The molecule has 144 valence electrons. The number of amides is 4. The van der Waals surface area contributed by atoms with Gasteiger partial charge in [-0.2, -0.15) is 0 Å². The van der Waals surface area contributed by atoms with Crippen LogP contribution in [0.15, 0.2) is 24.3 Å². The summed E-state index contributed by atoms with van der Waals surface area (Å²) in [5, 5.41) is 2.84. The molecule has 2 fully saturated rings. The molecule has 7 heteroatoms. The van der Waals surface area contributed by atoms with Crippen molar-refractivity contribution in [3.05, 3.63) is 29.8 Å². The molecular formula is C20H25N3O4. The minimum Gasteiger partial charge on any atom is -0.493 e. The van der Waals surface area contributed by atoms with Gasteiger partial charge in [0.2, 0.25) is 5.91 Å². The first-order chi connectivity index (χ1) is 12.9. The highest BCUT2D eigenvalue weighted by Crippen LogP contribution is 2.41. The van der Waals surface area contributed by atoms with Gasteiger partial charge in [-0.1, -0.05) is 18.2 Å². The van der Waals surface area contributed by atoms with E-state index in [1.54, 1.807) is 12.1 Å². The lowest BCUT2D eigenvalue weighted by atomic mass is 9.84. The summed E-state index contributed by atoms with van der Waals surface area (Å²) in [5.74, 6) is 0.0633. The number of hydrogen-bond acceptors (Lipinski definition) is 4. The van der Waals surface area contributed by atoms with Crippen molar-refractivity contribution in [3.8, 4) is 5.75 Å². The van der Waals surface area contributed by atoms with Crippen molar-refractivity contribution in [2.45, 2.75) is 57.2 Å². The highest BCUT2D eigenvalue weighted by Gasteiger charge is 2.55. The minimum absolute atomic E-state index is 0.125. The molecule has 0 radical (unpaired) electrons. The number of para-hydroxylation sites is 1. The van der Waals surface area contributed by atoms with Crippen molar-refractivity contribution in [2.75, 3.05) is 13.2 Å². The van der Waals surface area contributed by atoms with Crippen LogP contribution in [0.1, 0.15) is 45.1 Å². The lowest BCUT2D eigenvalue weighted by Crippen LogP contribution is -2.52. The molecule has 3 heterocycles. The predicted molar refractivity (Wildman–Crippen MR) is 98.1 cm³/mol. The molecule has 27 heavy (non-hydrogen) atoms. The van der Waals surface area contributed by atoms with Gasteiger partial charge in [-0.15, -0.1) is 0 Å². The third kappa shape index (κ3) is 2.76. The Labute approximate surface area is 158 Å². The van der Waals surface area contributed by atoms with E-state index in [4.69, 9.17) is 4.74 Å². The van der Waals surface area contributed by atoms with Crippen LogP contribution in [0.4, 0.5) is 4.79 Å². The fraction of sp³-hybridized carbons (Fsp3) is 0.550. The number of carbonyl (C=O) groups is 3. The van der Waals surface area contributed by atoms with Gasteiger partial charge in [-0.05, 0) is 39.2 Å². The van der Waals surface area contributed by atoms with Crippen molar-refractivity contribution in [1.29, 1.82) is 0 Å². The molecule has 3 atom stereocenters. The number of fused-ring (bicyclic) bond motifs is 2.